The number of ether oxygens (including phenoxy) is 1. The first-order valence-corrected chi connectivity index (χ1v) is 5.26. The summed E-state index contributed by atoms with van der Waals surface area (Å²) < 4.78 is 5.78. The van der Waals surface area contributed by atoms with Gasteiger partial charge in [0, 0.05) is 0 Å². The van der Waals surface area contributed by atoms with Gasteiger partial charge in [-0.15, -0.1) is 0 Å². The van der Waals surface area contributed by atoms with Crippen LogP contribution in [-0.4, -0.2) is 6.10 Å². The molecule has 1 aliphatic rings. The van der Waals surface area contributed by atoms with Gasteiger partial charge in [0.25, 0.3) is 0 Å². The maximum absolute atomic E-state index is 8.96. The fourth-order valence-electron chi connectivity index (χ4n) is 1.95. The number of nitriles is 1. The zero-order valence-corrected chi connectivity index (χ0v) is 8.57. The second kappa shape index (κ2) is 4.22. The predicted molar refractivity (Wildman–Crippen MR) is 58.5 cm³/mol. The second-order valence-corrected chi connectivity index (χ2v) is 3.86. The van der Waals surface area contributed by atoms with Crippen LogP contribution in [0.15, 0.2) is 18.2 Å². The van der Waals surface area contributed by atoms with Gasteiger partial charge in [0.15, 0.2) is 0 Å². The van der Waals surface area contributed by atoms with E-state index >= 15 is 0 Å². The third kappa shape index (κ3) is 2.04. The van der Waals surface area contributed by atoms with Crippen LogP contribution in [0, 0.1) is 11.3 Å². The van der Waals surface area contributed by atoms with Crippen molar-refractivity contribution in [1.29, 1.82) is 5.26 Å². The number of hydrogen-bond acceptors (Lipinski definition) is 3. The van der Waals surface area contributed by atoms with Crippen molar-refractivity contribution in [3.63, 3.8) is 0 Å². The molecule has 3 nitrogen and oxygen atoms in total. The van der Waals surface area contributed by atoms with E-state index in [2.05, 4.69) is 6.07 Å². The summed E-state index contributed by atoms with van der Waals surface area (Å²) in [5, 5.41) is 8.96. The van der Waals surface area contributed by atoms with Crippen molar-refractivity contribution in [2.75, 3.05) is 5.73 Å². The van der Waals surface area contributed by atoms with Crippen LogP contribution in [0.25, 0.3) is 0 Å². The molecular weight excluding hydrogens is 188 g/mol. The molecule has 0 spiro atoms. The van der Waals surface area contributed by atoms with E-state index in [1.165, 1.54) is 12.8 Å². The summed E-state index contributed by atoms with van der Waals surface area (Å²) in [5.41, 5.74) is 6.66. The molecule has 0 aliphatic heterocycles. The molecule has 1 fully saturated rings. The molecule has 0 unspecified atom stereocenters. The molecule has 1 aromatic rings. The Morgan fingerprint density at radius 1 is 1.33 bits per heavy atom. The average molecular weight is 202 g/mol. The molecular formula is C12H14N2O. The second-order valence-electron chi connectivity index (χ2n) is 3.86. The molecule has 0 bridgehead atoms. The molecule has 0 radical (unpaired) electrons. The number of benzene rings is 1. The number of rotatable bonds is 2. The van der Waals surface area contributed by atoms with Crippen LogP contribution < -0.4 is 10.5 Å². The number of anilines is 1. The van der Waals surface area contributed by atoms with E-state index in [-0.39, 0.29) is 6.10 Å². The number of nitrogens with zero attached hydrogens (tertiary/aromatic N) is 1. The maximum Gasteiger partial charge on any atom is 0.139 e. The van der Waals surface area contributed by atoms with Crippen molar-refractivity contribution in [3.05, 3.63) is 23.8 Å². The highest BCUT2D eigenvalue weighted by molar-refractivity contribution is 5.60. The molecule has 0 atom stereocenters. The van der Waals surface area contributed by atoms with Crippen LogP contribution in [0.2, 0.25) is 0 Å². The summed E-state index contributed by atoms with van der Waals surface area (Å²) in [6.45, 7) is 0. The average Bonchev–Trinajstić information content (AvgIpc) is 2.71. The Labute approximate surface area is 89.5 Å². The lowest BCUT2D eigenvalue weighted by Crippen LogP contribution is -2.12. The van der Waals surface area contributed by atoms with Gasteiger partial charge in [0.1, 0.15) is 17.4 Å². The van der Waals surface area contributed by atoms with Crippen molar-refractivity contribution in [2.45, 2.75) is 31.8 Å². The normalized spacial score (nSPS) is 16.2. The Morgan fingerprint density at radius 3 is 2.73 bits per heavy atom. The van der Waals surface area contributed by atoms with Crippen molar-refractivity contribution in [1.82, 2.24) is 0 Å². The Morgan fingerprint density at radius 2 is 2.07 bits per heavy atom. The van der Waals surface area contributed by atoms with Crippen molar-refractivity contribution < 1.29 is 4.74 Å². The highest BCUT2D eigenvalue weighted by atomic mass is 16.5. The Balaban J connectivity index is 2.20. The van der Waals surface area contributed by atoms with Gasteiger partial charge in [0.2, 0.25) is 0 Å². The molecule has 1 aromatic carbocycles. The van der Waals surface area contributed by atoms with Gasteiger partial charge in [-0.2, -0.15) is 5.26 Å². The lowest BCUT2D eigenvalue weighted by Gasteiger charge is -2.14. The van der Waals surface area contributed by atoms with Gasteiger partial charge in [-0.25, -0.2) is 0 Å². The lowest BCUT2D eigenvalue weighted by molar-refractivity contribution is 0.209. The minimum atomic E-state index is 0.263. The Kier molecular flexibility index (Phi) is 2.77. The number of nitrogens with two attached hydrogens (primary N) is 1. The van der Waals surface area contributed by atoms with Crippen LogP contribution in [0.4, 0.5) is 5.69 Å². The van der Waals surface area contributed by atoms with Crippen LogP contribution in [0.5, 0.6) is 5.75 Å². The van der Waals surface area contributed by atoms with E-state index in [0.717, 1.165) is 12.8 Å². The zero-order chi connectivity index (χ0) is 10.7. The number of nitrogen functional groups attached to an aromatic ring is 1. The van der Waals surface area contributed by atoms with Gasteiger partial charge in [0.05, 0.1) is 11.8 Å². The molecule has 0 aromatic heterocycles. The van der Waals surface area contributed by atoms with E-state index in [1.54, 1.807) is 6.07 Å². The standard InChI is InChI=1S/C12H14N2O/c13-8-10-11(14)6-3-7-12(10)15-9-4-1-2-5-9/h3,6-7,9H,1-2,4-5,14H2. The number of hydrogen-bond donors (Lipinski definition) is 1. The summed E-state index contributed by atoms with van der Waals surface area (Å²) in [6, 6.07) is 7.44. The third-order valence-corrected chi connectivity index (χ3v) is 2.77. The van der Waals surface area contributed by atoms with Crippen molar-refractivity contribution in [3.8, 4) is 11.8 Å². The third-order valence-electron chi connectivity index (χ3n) is 2.77. The van der Waals surface area contributed by atoms with E-state index in [1.807, 2.05) is 12.1 Å². The summed E-state index contributed by atoms with van der Waals surface area (Å²) in [4.78, 5) is 0. The molecule has 1 saturated carbocycles. The predicted octanol–water partition coefficient (Wildman–Crippen LogP) is 2.46. The monoisotopic (exact) mass is 202 g/mol. The first kappa shape index (κ1) is 9.85. The summed E-state index contributed by atoms with van der Waals surface area (Å²) in [6.07, 6.45) is 4.86. The molecule has 2 N–H and O–H groups in total. The van der Waals surface area contributed by atoms with Crippen LogP contribution in [-0.2, 0) is 0 Å². The maximum atomic E-state index is 8.96. The van der Waals surface area contributed by atoms with Gasteiger partial charge in [-0.3, -0.25) is 0 Å². The SMILES string of the molecule is N#Cc1c(N)cccc1OC1CCCC1. The smallest absolute Gasteiger partial charge is 0.139 e. The molecule has 0 heterocycles. The van der Waals surface area contributed by atoms with Gasteiger partial charge in [-0.05, 0) is 37.8 Å². The Hall–Kier alpha value is -1.69. The minimum absolute atomic E-state index is 0.263. The topological polar surface area (TPSA) is 59.0 Å². The molecule has 3 heteroatoms. The lowest BCUT2D eigenvalue weighted by atomic mass is 10.1. The zero-order valence-electron chi connectivity index (χ0n) is 8.57. The first-order valence-electron chi connectivity index (χ1n) is 5.26. The van der Waals surface area contributed by atoms with Crippen LogP contribution in [0.3, 0.4) is 0 Å². The van der Waals surface area contributed by atoms with E-state index < -0.39 is 0 Å². The van der Waals surface area contributed by atoms with Gasteiger partial charge in [-0.1, -0.05) is 6.07 Å². The largest absolute Gasteiger partial charge is 0.489 e. The summed E-state index contributed by atoms with van der Waals surface area (Å²) in [5.74, 6) is 0.629. The van der Waals surface area contributed by atoms with Crippen LogP contribution >= 0.6 is 0 Å². The van der Waals surface area contributed by atoms with Crippen molar-refractivity contribution in [2.24, 2.45) is 0 Å². The van der Waals surface area contributed by atoms with Gasteiger partial charge >= 0.3 is 0 Å². The highest BCUT2D eigenvalue weighted by Gasteiger charge is 2.18. The molecule has 0 amide bonds. The van der Waals surface area contributed by atoms with E-state index in [9.17, 15) is 0 Å². The Bertz CT molecular complexity index is 389. The minimum Gasteiger partial charge on any atom is -0.489 e. The van der Waals surface area contributed by atoms with Crippen LogP contribution in [0.1, 0.15) is 31.2 Å². The highest BCUT2D eigenvalue weighted by Crippen LogP contribution is 2.28. The summed E-state index contributed by atoms with van der Waals surface area (Å²) in [7, 11) is 0. The van der Waals surface area contributed by atoms with E-state index in [0.29, 0.717) is 17.0 Å². The first-order chi connectivity index (χ1) is 7.31. The van der Waals surface area contributed by atoms with Crippen molar-refractivity contribution >= 4 is 5.69 Å². The summed E-state index contributed by atoms with van der Waals surface area (Å²) >= 11 is 0. The molecule has 78 valence electrons. The fraction of sp³-hybridized carbons (Fsp3) is 0.417. The van der Waals surface area contributed by atoms with E-state index in [4.69, 9.17) is 15.7 Å². The molecule has 0 saturated heterocycles. The molecule has 2 rings (SSSR count). The molecule has 15 heavy (non-hydrogen) atoms. The van der Waals surface area contributed by atoms with Gasteiger partial charge < -0.3 is 10.5 Å². The quantitative estimate of drug-likeness (QED) is 0.749. The molecule has 1 aliphatic carbocycles. The fourth-order valence-corrected chi connectivity index (χ4v) is 1.95.